The SMILES string of the molecule is CS(=O)(=O)c1cc(NCc2ccccc2[N+](=O)[O-])ccc1[N+](=O)[O-]. The third kappa shape index (κ3) is 3.84. The molecule has 0 bridgehead atoms. The van der Waals surface area contributed by atoms with Crippen molar-refractivity contribution in [2.24, 2.45) is 0 Å². The van der Waals surface area contributed by atoms with Crippen LogP contribution in [0.5, 0.6) is 0 Å². The smallest absolute Gasteiger partial charge is 0.288 e. The van der Waals surface area contributed by atoms with Crippen LogP contribution in [-0.2, 0) is 16.4 Å². The molecule has 0 aliphatic rings. The second kappa shape index (κ2) is 6.62. The quantitative estimate of drug-likeness (QED) is 0.624. The van der Waals surface area contributed by atoms with Crippen molar-refractivity contribution in [3.63, 3.8) is 0 Å². The van der Waals surface area contributed by atoms with E-state index < -0.39 is 30.3 Å². The highest BCUT2D eigenvalue weighted by Gasteiger charge is 2.22. The molecule has 126 valence electrons. The van der Waals surface area contributed by atoms with Gasteiger partial charge in [-0.3, -0.25) is 20.2 Å². The van der Waals surface area contributed by atoms with Crippen LogP contribution in [0.2, 0.25) is 0 Å². The highest BCUT2D eigenvalue weighted by molar-refractivity contribution is 7.90. The van der Waals surface area contributed by atoms with Crippen LogP contribution in [0.25, 0.3) is 0 Å². The van der Waals surface area contributed by atoms with Crippen molar-refractivity contribution < 1.29 is 18.3 Å². The van der Waals surface area contributed by atoms with Gasteiger partial charge in [0.2, 0.25) is 0 Å². The summed E-state index contributed by atoms with van der Waals surface area (Å²) in [7, 11) is -3.80. The number of nitro benzene ring substituents is 2. The lowest BCUT2D eigenvalue weighted by Gasteiger charge is -2.09. The van der Waals surface area contributed by atoms with Crippen molar-refractivity contribution in [1.82, 2.24) is 0 Å². The molecule has 0 radical (unpaired) electrons. The molecule has 0 unspecified atom stereocenters. The Hall–Kier alpha value is -3.01. The van der Waals surface area contributed by atoms with Gasteiger partial charge in [0.1, 0.15) is 4.90 Å². The second-order valence-corrected chi connectivity index (χ2v) is 6.94. The fraction of sp³-hybridized carbons (Fsp3) is 0.143. The van der Waals surface area contributed by atoms with E-state index in [0.717, 1.165) is 18.4 Å². The highest BCUT2D eigenvalue weighted by Crippen LogP contribution is 2.27. The average Bonchev–Trinajstić information content (AvgIpc) is 2.51. The van der Waals surface area contributed by atoms with Crippen molar-refractivity contribution in [3.8, 4) is 0 Å². The number of nitrogens with one attached hydrogen (secondary N) is 1. The van der Waals surface area contributed by atoms with Crippen molar-refractivity contribution in [3.05, 3.63) is 68.3 Å². The predicted octanol–water partition coefficient (Wildman–Crippen LogP) is 2.52. The lowest BCUT2D eigenvalue weighted by Crippen LogP contribution is -2.06. The van der Waals surface area contributed by atoms with Gasteiger partial charge in [-0.15, -0.1) is 0 Å². The van der Waals surface area contributed by atoms with Crippen LogP contribution >= 0.6 is 0 Å². The van der Waals surface area contributed by atoms with Crippen molar-refractivity contribution in [2.75, 3.05) is 11.6 Å². The molecule has 2 aromatic carbocycles. The summed E-state index contributed by atoms with van der Waals surface area (Å²) in [5.41, 5.74) is 0.116. The van der Waals surface area contributed by atoms with E-state index in [2.05, 4.69) is 5.32 Å². The van der Waals surface area contributed by atoms with Crippen LogP contribution in [-0.4, -0.2) is 24.5 Å². The van der Waals surface area contributed by atoms with Gasteiger partial charge >= 0.3 is 0 Å². The van der Waals surface area contributed by atoms with E-state index >= 15 is 0 Å². The second-order valence-electron chi connectivity index (χ2n) is 4.95. The lowest BCUT2D eigenvalue weighted by atomic mass is 10.1. The fourth-order valence-corrected chi connectivity index (χ4v) is 2.97. The summed E-state index contributed by atoms with van der Waals surface area (Å²) in [6, 6.07) is 9.67. The Morgan fingerprint density at radius 3 is 2.21 bits per heavy atom. The molecular formula is C14H13N3O6S. The van der Waals surface area contributed by atoms with E-state index in [1.807, 2.05) is 0 Å². The van der Waals surface area contributed by atoms with Gasteiger partial charge in [0.25, 0.3) is 11.4 Å². The molecule has 0 spiro atoms. The van der Waals surface area contributed by atoms with E-state index in [0.29, 0.717) is 11.3 Å². The largest absolute Gasteiger partial charge is 0.381 e. The van der Waals surface area contributed by atoms with Gasteiger partial charge in [-0.05, 0) is 12.1 Å². The number of sulfone groups is 1. The molecule has 2 aromatic rings. The predicted molar refractivity (Wildman–Crippen MR) is 86.6 cm³/mol. The molecule has 0 amide bonds. The summed E-state index contributed by atoms with van der Waals surface area (Å²) in [5.74, 6) is 0. The Balaban J connectivity index is 2.32. The molecular weight excluding hydrogens is 338 g/mol. The van der Waals surface area contributed by atoms with E-state index in [9.17, 15) is 28.6 Å². The summed E-state index contributed by atoms with van der Waals surface area (Å²) in [4.78, 5) is 20.2. The Bertz CT molecular complexity index is 910. The van der Waals surface area contributed by atoms with Gasteiger partial charge in [0, 0.05) is 36.2 Å². The monoisotopic (exact) mass is 351 g/mol. The number of rotatable bonds is 6. The fourth-order valence-electron chi connectivity index (χ4n) is 2.11. The Morgan fingerprint density at radius 1 is 1.00 bits per heavy atom. The molecule has 2 rings (SSSR count). The molecule has 0 saturated heterocycles. The zero-order valence-corrected chi connectivity index (χ0v) is 13.3. The molecule has 0 atom stereocenters. The first-order valence-corrected chi connectivity index (χ1v) is 8.54. The minimum Gasteiger partial charge on any atom is -0.381 e. The van der Waals surface area contributed by atoms with Gasteiger partial charge in [0.05, 0.1) is 9.85 Å². The number of nitro groups is 2. The third-order valence-corrected chi connectivity index (χ3v) is 4.35. The van der Waals surface area contributed by atoms with Crippen LogP contribution in [0.1, 0.15) is 5.56 Å². The zero-order valence-electron chi connectivity index (χ0n) is 12.5. The van der Waals surface area contributed by atoms with Gasteiger partial charge in [0.15, 0.2) is 9.84 Å². The number of anilines is 1. The maximum atomic E-state index is 11.7. The first-order chi connectivity index (χ1) is 11.2. The minimum absolute atomic E-state index is 0.0676. The number of hydrogen-bond donors (Lipinski definition) is 1. The van der Waals surface area contributed by atoms with Crippen molar-refractivity contribution in [2.45, 2.75) is 11.4 Å². The van der Waals surface area contributed by atoms with Gasteiger partial charge < -0.3 is 5.32 Å². The molecule has 0 heterocycles. The topological polar surface area (TPSA) is 132 Å². The Kier molecular flexibility index (Phi) is 4.79. The molecule has 0 saturated carbocycles. The van der Waals surface area contributed by atoms with E-state index in [4.69, 9.17) is 0 Å². The zero-order chi connectivity index (χ0) is 17.9. The van der Waals surface area contributed by atoms with Gasteiger partial charge in [-0.1, -0.05) is 18.2 Å². The molecule has 0 fully saturated rings. The van der Waals surface area contributed by atoms with E-state index in [1.54, 1.807) is 12.1 Å². The highest BCUT2D eigenvalue weighted by atomic mass is 32.2. The molecule has 0 aliphatic heterocycles. The van der Waals surface area contributed by atoms with Crippen LogP contribution in [0.3, 0.4) is 0 Å². The van der Waals surface area contributed by atoms with Gasteiger partial charge in [-0.2, -0.15) is 0 Å². The summed E-state index contributed by atoms with van der Waals surface area (Å²) in [5, 5.41) is 24.7. The van der Waals surface area contributed by atoms with Crippen LogP contribution < -0.4 is 5.32 Å². The summed E-state index contributed by atoms with van der Waals surface area (Å²) >= 11 is 0. The summed E-state index contributed by atoms with van der Waals surface area (Å²) in [6.45, 7) is 0.0676. The molecule has 10 heteroatoms. The standard InChI is InChI=1S/C14H13N3O6S/c1-24(22,23)14-8-11(6-7-13(14)17(20)21)15-9-10-4-2-3-5-12(10)16(18)19/h2-8,15H,9H2,1H3. The Labute approximate surface area is 137 Å². The lowest BCUT2D eigenvalue weighted by molar-refractivity contribution is -0.387. The van der Waals surface area contributed by atoms with Crippen molar-refractivity contribution >= 4 is 26.9 Å². The summed E-state index contributed by atoms with van der Waals surface area (Å²) in [6.07, 6.45) is 0.876. The third-order valence-electron chi connectivity index (χ3n) is 3.23. The summed E-state index contributed by atoms with van der Waals surface area (Å²) < 4.78 is 23.4. The molecule has 0 aromatic heterocycles. The normalized spacial score (nSPS) is 11.0. The maximum Gasteiger partial charge on any atom is 0.288 e. The van der Waals surface area contributed by atoms with Gasteiger partial charge in [-0.25, -0.2) is 8.42 Å². The van der Waals surface area contributed by atoms with E-state index in [1.165, 1.54) is 18.2 Å². The van der Waals surface area contributed by atoms with Crippen LogP contribution in [0.4, 0.5) is 17.1 Å². The molecule has 1 N–H and O–H groups in total. The number of para-hydroxylation sites is 1. The molecule has 9 nitrogen and oxygen atoms in total. The minimum atomic E-state index is -3.80. The first kappa shape index (κ1) is 17.3. The number of nitrogens with zero attached hydrogens (tertiary/aromatic N) is 2. The maximum absolute atomic E-state index is 11.7. The molecule has 0 aliphatic carbocycles. The molecule has 24 heavy (non-hydrogen) atoms. The van der Waals surface area contributed by atoms with Crippen molar-refractivity contribution in [1.29, 1.82) is 0 Å². The number of benzene rings is 2. The van der Waals surface area contributed by atoms with Crippen LogP contribution in [0, 0.1) is 20.2 Å². The van der Waals surface area contributed by atoms with Crippen LogP contribution in [0.15, 0.2) is 47.4 Å². The Morgan fingerprint density at radius 2 is 1.62 bits per heavy atom. The van der Waals surface area contributed by atoms with E-state index in [-0.39, 0.29) is 12.2 Å². The average molecular weight is 351 g/mol. The number of hydrogen-bond acceptors (Lipinski definition) is 7. The first-order valence-electron chi connectivity index (χ1n) is 6.65.